The molecule has 0 aromatic heterocycles. The number of aliphatic hydroxyl groups excluding tert-OH is 1. The number of benzene rings is 4. The normalized spacial score (nSPS) is 16.4. The Morgan fingerprint density at radius 1 is 0.765 bits per heavy atom. The number of β-amino-alcohol motifs (C(OH)–C–C–N with tert-alkyl or cyclic N) is 1. The van der Waals surface area contributed by atoms with E-state index in [2.05, 4.69) is 71.3 Å². The highest BCUT2D eigenvalue weighted by molar-refractivity contribution is 5.83. The smallest absolute Gasteiger partial charge is 0.151 e. The molecule has 1 fully saturated rings. The van der Waals surface area contributed by atoms with E-state index in [-0.39, 0.29) is 0 Å². The lowest BCUT2D eigenvalue weighted by atomic mass is 9.99. The Hall–Kier alpha value is -3.34. The van der Waals surface area contributed by atoms with Crippen LogP contribution in [0.15, 0.2) is 97.1 Å². The van der Waals surface area contributed by atoms with Crippen molar-refractivity contribution in [2.45, 2.75) is 19.1 Å². The molecule has 0 spiro atoms. The van der Waals surface area contributed by atoms with Crippen molar-refractivity contribution >= 4 is 16.5 Å². The Morgan fingerprint density at radius 2 is 1.44 bits per heavy atom. The van der Waals surface area contributed by atoms with E-state index in [0.29, 0.717) is 6.54 Å². The second-order valence-electron chi connectivity index (χ2n) is 9.10. The number of anilines is 1. The van der Waals surface area contributed by atoms with E-state index < -0.39 is 12.2 Å². The average Bonchev–Trinajstić information content (AvgIpc) is 2.88. The van der Waals surface area contributed by atoms with Gasteiger partial charge in [0.05, 0.1) is 0 Å². The van der Waals surface area contributed by atoms with Crippen molar-refractivity contribution in [3.63, 3.8) is 0 Å². The Balaban J connectivity index is 1.31. The topological polar surface area (TPSA) is 35.9 Å². The molecule has 4 nitrogen and oxygen atoms in total. The number of piperazine rings is 1. The molecule has 4 aromatic rings. The Kier molecular flexibility index (Phi) is 6.79. The molecule has 1 aliphatic heterocycles. The third-order valence-electron chi connectivity index (χ3n) is 6.73. The van der Waals surface area contributed by atoms with Gasteiger partial charge in [-0.1, -0.05) is 72.8 Å². The molecule has 4 aromatic carbocycles. The molecule has 0 radical (unpaired) electrons. The van der Waals surface area contributed by atoms with Crippen LogP contribution in [0.1, 0.15) is 17.2 Å². The van der Waals surface area contributed by atoms with E-state index in [1.54, 1.807) is 0 Å². The summed E-state index contributed by atoms with van der Waals surface area (Å²) in [5.74, 6) is 0.768. The molecule has 0 bridgehead atoms. The fraction of sp³-hybridized carbons (Fsp3) is 0.267. The first kappa shape index (κ1) is 22.5. The van der Waals surface area contributed by atoms with Crippen LogP contribution < -0.4 is 9.64 Å². The van der Waals surface area contributed by atoms with Crippen LogP contribution in [0.2, 0.25) is 0 Å². The van der Waals surface area contributed by atoms with Gasteiger partial charge in [0.1, 0.15) is 11.9 Å². The second kappa shape index (κ2) is 10.3. The molecule has 34 heavy (non-hydrogen) atoms. The largest absolute Gasteiger partial charge is 0.483 e. The molecular formula is C30H32N2O2. The lowest BCUT2D eigenvalue weighted by molar-refractivity contribution is 0.00949. The first-order valence-electron chi connectivity index (χ1n) is 12.1. The van der Waals surface area contributed by atoms with Gasteiger partial charge in [-0.3, -0.25) is 4.90 Å². The molecule has 2 unspecified atom stereocenters. The van der Waals surface area contributed by atoms with Gasteiger partial charge in [0.25, 0.3) is 0 Å². The van der Waals surface area contributed by atoms with Gasteiger partial charge in [-0.05, 0) is 53.1 Å². The number of rotatable bonds is 7. The SMILES string of the molecule is Cc1ccccc1N1CCN(CC(O)C(Oc2ccccc2)c2ccc3ccccc3c2)CC1. The zero-order chi connectivity index (χ0) is 23.3. The molecule has 174 valence electrons. The number of ether oxygens (including phenoxy) is 1. The van der Waals surface area contributed by atoms with Gasteiger partial charge in [0.15, 0.2) is 6.10 Å². The summed E-state index contributed by atoms with van der Waals surface area (Å²) >= 11 is 0. The minimum Gasteiger partial charge on any atom is -0.483 e. The van der Waals surface area contributed by atoms with Crippen molar-refractivity contribution in [1.29, 1.82) is 0 Å². The van der Waals surface area contributed by atoms with Crippen molar-refractivity contribution < 1.29 is 9.84 Å². The molecule has 4 heteroatoms. The highest BCUT2D eigenvalue weighted by Crippen LogP contribution is 2.29. The molecule has 1 saturated heterocycles. The highest BCUT2D eigenvalue weighted by Gasteiger charge is 2.28. The lowest BCUT2D eigenvalue weighted by Gasteiger charge is -2.38. The molecule has 5 rings (SSSR count). The van der Waals surface area contributed by atoms with E-state index in [1.807, 2.05) is 42.5 Å². The van der Waals surface area contributed by atoms with Crippen LogP contribution in [0.25, 0.3) is 10.8 Å². The van der Waals surface area contributed by atoms with Crippen molar-refractivity contribution in [3.8, 4) is 5.75 Å². The van der Waals surface area contributed by atoms with Gasteiger partial charge in [0, 0.05) is 38.4 Å². The third kappa shape index (κ3) is 5.09. The average molecular weight is 453 g/mol. The van der Waals surface area contributed by atoms with Crippen LogP contribution in [-0.4, -0.2) is 48.8 Å². The maximum absolute atomic E-state index is 11.4. The van der Waals surface area contributed by atoms with Crippen molar-refractivity contribution in [2.24, 2.45) is 0 Å². The van der Waals surface area contributed by atoms with Crippen LogP contribution in [0.3, 0.4) is 0 Å². The minimum atomic E-state index is -0.647. The van der Waals surface area contributed by atoms with Crippen LogP contribution in [-0.2, 0) is 0 Å². The highest BCUT2D eigenvalue weighted by atomic mass is 16.5. The summed E-state index contributed by atoms with van der Waals surface area (Å²) < 4.78 is 6.37. The standard InChI is InChI=1S/C30H32N2O2/c1-23-9-5-8-14-28(23)32-19-17-31(18-20-32)22-29(33)30(34-27-12-3-2-4-13-27)26-16-15-24-10-6-7-11-25(24)21-26/h2-16,21,29-30,33H,17-20,22H2,1H3. The number of nitrogens with zero attached hydrogens (tertiary/aromatic N) is 2. The fourth-order valence-corrected chi connectivity index (χ4v) is 4.85. The van der Waals surface area contributed by atoms with Crippen molar-refractivity contribution in [1.82, 2.24) is 4.90 Å². The Labute approximate surface area is 202 Å². The fourth-order valence-electron chi connectivity index (χ4n) is 4.85. The third-order valence-corrected chi connectivity index (χ3v) is 6.73. The van der Waals surface area contributed by atoms with E-state index in [9.17, 15) is 5.11 Å². The number of para-hydroxylation sites is 2. The molecule has 0 aliphatic carbocycles. The van der Waals surface area contributed by atoms with Crippen LogP contribution >= 0.6 is 0 Å². The number of aliphatic hydroxyl groups is 1. The summed E-state index contributed by atoms with van der Waals surface area (Å²) in [5, 5.41) is 13.7. The van der Waals surface area contributed by atoms with E-state index in [0.717, 1.165) is 42.9 Å². The van der Waals surface area contributed by atoms with Crippen LogP contribution in [0.5, 0.6) is 5.75 Å². The molecule has 1 aliphatic rings. The molecule has 1 N–H and O–H groups in total. The van der Waals surface area contributed by atoms with E-state index >= 15 is 0 Å². The van der Waals surface area contributed by atoms with Crippen LogP contribution in [0, 0.1) is 6.92 Å². The van der Waals surface area contributed by atoms with Crippen molar-refractivity contribution in [3.05, 3.63) is 108 Å². The number of aryl methyl sites for hydroxylation is 1. The molecule has 0 amide bonds. The van der Waals surface area contributed by atoms with Crippen LogP contribution in [0.4, 0.5) is 5.69 Å². The number of hydrogen-bond donors (Lipinski definition) is 1. The van der Waals surface area contributed by atoms with Crippen molar-refractivity contribution in [2.75, 3.05) is 37.6 Å². The van der Waals surface area contributed by atoms with Gasteiger partial charge in [-0.25, -0.2) is 0 Å². The van der Waals surface area contributed by atoms with E-state index in [4.69, 9.17) is 4.74 Å². The molecule has 0 saturated carbocycles. The monoisotopic (exact) mass is 452 g/mol. The summed E-state index contributed by atoms with van der Waals surface area (Å²) in [4.78, 5) is 4.79. The summed E-state index contributed by atoms with van der Waals surface area (Å²) in [6, 6.07) is 33.0. The molecule has 1 heterocycles. The van der Waals surface area contributed by atoms with Gasteiger partial charge in [-0.2, -0.15) is 0 Å². The van der Waals surface area contributed by atoms with Gasteiger partial charge < -0.3 is 14.7 Å². The number of fused-ring (bicyclic) bond motifs is 1. The second-order valence-corrected chi connectivity index (χ2v) is 9.10. The molecular weight excluding hydrogens is 420 g/mol. The molecule has 2 atom stereocenters. The first-order valence-corrected chi connectivity index (χ1v) is 12.1. The maximum atomic E-state index is 11.4. The lowest BCUT2D eigenvalue weighted by Crippen LogP contribution is -2.49. The minimum absolute atomic E-state index is 0.443. The summed E-state index contributed by atoms with van der Waals surface area (Å²) in [6.45, 7) is 6.49. The summed E-state index contributed by atoms with van der Waals surface area (Å²) in [6.07, 6.45) is -1.09. The summed E-state index contributed by atoms with van der Waals surface area (Å²) in [5.41, 5.74) is 3.61. The summed E-state index contributed by atoms with van der Waals surface area (Å²) in [7, 11) is 0. The predicted molar refractivity (Wildman–Crippen MR) is 140 cm³/mol. The van der Waals surface area contributed by atoms with Gasteiger partial charge in [0.2, 0.25) is 0 Å². The Bertz CT molecular complexity index is 1220. The number of hydrogen-bond acceptors (Lipinski definition) is 4. The van der Waals surface area contributed by atoms with Gasteiger partial charge >= 0.3 is 0 Å². The first-order chi connectivity index (χ1) is 16.7. The Morgan fingerprint density at radius 3 is 2.21 bits per heavy atom. The predicted octanol–water partition coefficient (Wildman–Crippen LogP) is 5.45. The maximum Gasteiger partial charge on any atom is 0.151 e. The zero-order valence-corrected chi connectivity index (χ0v) is 19.7. The van der Waals surface area contributed by atoms with E-state index in [1.165, 1.54) is 16.6 Å². The zero-order valence-electron chi connectivity index (χ0n) is 19.7. The van der Waals surface area contributed by atoms with Gasteiger partial charge in [-0.15, -0.1) is 0 Å². The quantitative estimate of drug-likeness (QED) is 0.404.